The summed E-state index contributed by atoms with van der Waals surface area (Å²) in [6, 6.07) is 15.9. The second kappa shape index (κ2) is 9.92. The monoisotopic (exact) mass is 490 g/mol. The van der Waals surface area contributed by atoms with Crippen LogP contribution in [0.4, 0.5) is 4.79 Å². The van der Waals surface area contributed by atoms with Gasteiger partial charge in [-0.1, -0.05) is 55.0 Å². The Hall–Kier alpha value is -3.65. The van der Waals surface area contributed by atoms with Crippen LogP contribution < -0.4 is 10.0 Å². The van der Waals surface area contributed by atoms with E-state index < -0.39 is 16.1 Å². The number of hydrogen-bond donors (Lipinski definition) is 2. The molecule has 0 unspecified atom stereocenters. The van der Waals surface area contributed by atoms with E-state index >= 15 is 0 Å². The first-order valence-corrected chi connectivity index (χ1v) is 13.1. The molecule has 2 amide bonds. The Balaban J connectivity index is 1.41. The summed E-state index contributed by atoms with van der Waals surface area (Å²) in [5, 5.41) is 2.62. The topological polar surface area (TPSA) is 92.6 Å². The fraction of sp³-hybridized carbons (Fsp3) is 0.259. The Bertz CT molecular complexity index is 1470. The van der Waals surface area contributed by atoms with E-state index in [1.165, 1.54) is 17.7 Å². The minimum absolute atomic E-state index is 0.0538. The van der Waals surface area contributed by atoms with Crippen LogP contribution in [-0.2, 0) is 22.9 Å². The zero-order valence-electron chi connectivity index (χ0n) is 20.4. The predicted molar refractivity (Wildman–Crippen MR) is 138 cm³/mol. The largest absolute Gasteiger partial charge is 0.337 e. The van der Waals surface area contributed by atoms with E-state index in [1.54, 1.807) is 12.1 Å². The van der Waals surface area contributed by atoms with Crippen LogP contribution in [0.2, 0.25) is 0 Å². The van der Waals surface area contributed by atoms with Crippen LogP contribution in [0, 0.1) is 20.8 Å². The van der Waals surface area contributed by atoms with Crippen molar-refractivity contribution < 1.29 is 13.2 Å². The third kappa shape index (κ3) is 5.38. The zero-order valence-corrected chi connectivity index (χ0v) is 21.2. The molecule has 0 aliphatic rings. The maximum atomic E-state index is 12.3. The molecule has 0 radical (unpaired) electrons. The average Bonchev–Trinajstić information content (AvgIpc) is 3.18. The molecule has 4 rings (SSSR count). The van der Waals surface area contributed by atoms with Crippen LogP contribution in [0.5, 0.6) is 0 Å². The zero-order chi connectivity index (χ0) is 25.2. The van der Waals surface area contributed by atoms with Gasteiger partial charge in [0.15, 0.2) is 0 Å². The van der Waals surface area contributed by atoms with Crippen molar-refractivity contribution in [2.45, 2.75) is 45.4 Å². The first-order chi connectivity index (χ1) is 16.7. The van der Waals surface area contributed by atoms with E-state index in [0.29, 0.717) is 13.0 Å². The molecule has 0 atom stereocenters. The molecule has 0 saturated heterocycles. The Morgan fingerprint density at radius 1 is 0.971 bits per heavy atom. The van der Waals surface area contributed by atoms with E-state index in [1.807, 2.05) is 19.1 Å². The molecule has 0 aliphatic heterocycles. The van der Waals surface area contributed by atoms with Crippen molar-refractivity contribution in [2.75, 3.05) is 6.54 Å². The normalized spacial score (nSPS) is 11.5. The molecule has 8 heteroatoms. The molecule has 4 aromatic rings. The number of benzene rings is 2. The molecule has 2 N–H and O–H groups in total. The van der Waals surface area contributed by atoms with Gasteiger partial charge in [0.05, 0.1) is 16.3 Å². The summed E-state index contributed by atoms with van der Waals surface area (Å²) >= 11 is 0. The van der Waals surface area contributed by atoms with Gasteiger partial charge in [-0.3, -0.25) is 4.40 Å². The van der Waals surface area contributed by atoms with Gasteiger partial charge in [-0.05, 0) is 62.4 Å². The van der Waals surface area contributed by atoms with Crippen LogP contribution in [0.3, 0.4) is 0 Å². The van der Waals surface area contributed by atoms with Gasteiger partial charge in [0.1, 0.15) is 5.65 Å². The van der Waals surface area contributed by atoms with Crippen molar-refractivity contribution in [3.63, 3.8) is 0 Å². The summed E-state index contributed by atoms with van der Waals surface area (Å²) in [6.07, 6.45) is 3.52. The molecule has 2 heterocycles. The maximum absolute atomic E-state index is 12.3. The van der Waals surface area contributed by atoms with Crippen molar-refractivity contribution in [2.24, 2.45) is 0 Å². The number of nitrogens with one attached hydrogen (secondary N) is 2. The quantitative estimate of drug-likeness (QED) is 0.392. The number of fused-ring (bicyclic) bond motifs is 1. The number of hydrogen-bond acceptors (Lipinski definition) is 4. The van der Waals surface area contributed by atoms with Gasteiger partial charge in [0, 0.05) is 18.3 Å². The molecule has 2 aromatic heterocycles. The second-order valence-corrected chi connectivity index (χ2v) is 10.5. The molecule has 0 bridgehead atoms. The number of carbonyl (C=O) groups is 1. The van der Waals surface area contributed by atoms with Crippen LogP contribution in [0.15, 0.2) is 65.7 Å². The Morgan fingerprint density at radius 2 is 1.66 bits per heavy atom. The van der Waals surface area contributed by atoms with E-state index in [2.05, 4.69) is 59.6 Å². The minimum atomic E-state index is -3.90. The number of aromatic nitrogens is 2. The molecular weight excluding hydrogens is 460 g/mol. The van der Waals surface area contributed by atoms with E-state index in [-0.39, 0.29) is 4.90 Å². The summed E-state index contributed by atoms with van der Waals surface area (Å²) in [5.41, 5.74) is 8.52. The SMILES string of the molecule is CCc1nc2c(C)cc(C)cn2c1-c1ccc(CCNC(=O)NS(=O)(=O)c2ccc(C)cc2)cc1. The van der Waals surface area contributed by atoms with Gasteiger partial charge in [0.2, 0.25) is 0 Å². The molecule has 0 spiro atoms. The van der Waals surface area contributed by atoms with Crippen LogP contribution in [0.25, 0.3) is 16.9 Å². The number of amides is 2. The Morgan fingerprint density at radius 3 is 2.31 bits per heavy atom. The van der Waals surface area contributed by atoms with Crippen molar-refractivity contribution in [1.29, 1.82) is 0 Å². The lowest BCUT2D eigenvalue weighted by atomic mass is 10.0. The van der Waals surface area contributed by atoms with Gasteiger partial charge in [0.25, 0.3) is 10.0 Å². The Labute approximate surface area is 206 Å². The van der Waals surface area contributed by atoms with Crippen LogP contribution in [-0.4, -0.2) is 30.4 Å². The second-order valence-electron chi connectivity index (χ2n) is 8.78. The van der Waals surface area contributed by atoms with E-state index in [4.69, 9.17) is 4.98 Å². The molecule has 0 aliphatic carbocycles. The van der Waals surface area contributed by atoms with Crippen molar-refractivity contribution in [3.8, 4) is 11.3 Å². The highest BCUT2D eigenvalue weighted by atomic mass is 32.2. The first-order valence-electron chi connectivity index (χ1n) is 11.6. The number of nitrogens with zero attached hydrogens (tertiary/aromatic N) is 2. The van der Waals surface area contributed by atoms with Gasteiger partial charge < -0.3 is 5.32 Å². The van der Waals surface area contributed by atoms with Gasteiger partial charge in [-0.15, -0.1) is 0 Å². The van der Waals surface area contributed by atoms with Crippen molar-refractivity contribution in [3.05, 3.63) is 88.7 Å². The highest BCUT2D eigenvalue weighted by Crippen LogP contribution is 2.28. The van der Waals surface area contributed by atoms with Crippen molar-refractivity contribution in [1.82, 2.24) is 19.4 Å². The third-order valence-electron chi connectivity index (χ3n) is 5.93. The number of urea groups is 1. The fourth-order valence-electron chi connectivity index (χ4n) is 4.17. The molecular formula is C27H30N4O3S. The van der Waals surface area contributed by atoms with Gasteiger partial charge >= 0.3 is 6.03 Å². The van der Waals surface area contributed by atoms with E-state index in [0.717, 1.165) is 45.7 Å². The number of imidazole rings is 1. The summed E-state index contributed by atoms with van der Waals surface area (Å²) in [5.74, 6) is 0. The lowest BCUT2D eigenvalue weighted by molar-refractivity contribution is 0.246. The molecule has 35 heavy (non-hydrogen) atoms. The highest BCUT2D eigenvalue weighted by Gasteiger charge is 2.17. The van der Waals surface area contributed by atoms with Crippen LogP contribution >= 0.6 is 0 Å². The summed E-state index contributed by atoms with van der Waals surface area (Å²) in [6.45, 7) is 8.45. The van der Waals surface area contributed by atoms with Crippen LogP contribution in [0.1, 0.15) is 34.9 Å². The number of carbonyl (C=O) groups excluding carboxylic acids is 1. The number of rotatable bonds is 7. The third-order valence-corrected chi connectivity index (χ3v) is 7.28. The number of sulfonamides is 1. The fourth-order valence-corrected chi connectivity index (χ4v) is 5.10. The maximum Gasteiger partial charge on any atom is 0.328 e. The van der Waals surface area contributed by atoms with Gasteiger partial charge in [-0.25, -0.2) is 22.9 Å². The molecule has 0 saturated carbocycles. The smallest absolute Gasteiger partial charge is 0.328 e. The summed E-state index contributed by atoms with van der Waals surface area (Å²) < 4.78 is 28.9. The van der Waals surface area contributed by atoms with E-state index in [9.17, 15) is 13.2 Å². The Kier molecular flexibility index (Phi) is 6.93. The molecule has 0 fully saturated rings. The molecule has 7 nitrogen and oxygen atoms in total. The standard InChI is InChI=1S/C27H30N4O3S/c1-5-24-25(31-17-19(3)16-20(4)26(31)29-24)22-10-8-21(9-11-22)14-15-28-27(32)30-35(33,34)23-12-6-18(2)7-13-23/h6-13,16-17H,5,14-15H2,1-4H3,(H2,28,30,32). The highest BCUT2D eigenvalue weighted by molar-refractivity contribution is 7.90. The van der Waals surface area contributed by atoms with Gasteiger partial charge in [-0.2, -0.15) is 0 Å². The minimum Gasteiger partial charge on any atom is -0.337 e. The lowest BCUT2D eigenvalue weighted by Crippen LogP contribution is -2.40. The molecule has 182 valence electrons. The average molecular weight is 491 g/mol. The predicted octanol–water partition coefficient (Wildman–Crippen LogP) is 4.72. The summed E-state index contributed by atoms with van der Waals surface area (Å²) in [7, 11) is -3.90. The molecule has 2 aromatic carbocycles. The first kappa shape index (κ1) is 24.5. The number of aryl methyl sites for hydroxylation is 4. The summed E-state index contributed by atoms with van der Waals surface area (Å²) in [4.78, 5) is 17.0. The number of pyridine rings is 1. The lowest BCUT2D eigenvalue weighted by Gasteiger charge is -2.10. The van der Waals surface area contributed by atoms with Crippen molar-refractivity contribution >= 4 is 21.7 Å².